The second kappa shape index (κ2) is 17.5. The Hall–Kier alpha value is -0.200. The highest BCUT2D eigenvalue weighted by atomic mass is 32.1. The standard InChI is InChI=1S/C22H37NS.5CH4/c1-17-2-4-18(5-3-17)14-19-6-8-20(9-7-19)15-21-10-12-22(13-11-21)23-16-24;;;;;/h17-22H,2-15H2,1H3;5*1H4. The lowest BCUT2D eigenvalue weighted by Gasteiger charge is -2.35. The predicted octanol–water partition coefficient (Wildman–Crippen LogP) is 10.2. The number of nitrogens with zero attached hydrogens (tertiary/aromatic N) is 1. The second-order valence-electron chi connectivity index (χ2n) is 9.38. The van der Waals surface area contributed by atoms with Crippen molar-refractivity contribution in [1.29, 1.82) is 0 Å². The molecule has 29 heavy (non-hydrogen) atoms. The van der Waals surface area contributed by atoms with Crippen LogP contribution in [-0.2, 0) is 0 Å². The van der Waals surface area contributed by atoms with E-state index in [0.29, 0.717) is 6.04 Å². The lowest BCUT2D eigenvalue weighted by molar-refractivity contribution is 0.172. The second-order valence-corrected chi connectivity index (χ2v) is 9.56. The van der Waals surface area contributed by atoms with E-state index in [1.807, 2.05) is 0 Å². The molecule has 0 aliphatic heterocycles. The van der Waals surface area contributed by atoms with Crippen molar-refractivity contribution < 1.29 is 0 Å². The molecule has 3 saturated carbocycles. The van der Waals surface area contributed by atoms with Gasteiger partial charge < -0.3 is 0 Å². The summed E-state index contributed by atoms with van der Waals surface area (Å²) in [7, 11) is 0. The van der Waals surface area contributed by atoms with Crippen molar-refractivity contribution >= 4 is 17.4 Å². The molecular weight excluding hydrogens is 370 g/mol. The first kappa shape index (κ1) is 33.4. The van der Waals surface area contributed by atoms with Gasteiger partial charge in [0, 0.05) is 0 Å². The Kier molecular flexibility index (Phi) is 20.2. The number of isothiocyanates is 1. The Morgan fingerprint density at radius 3 is 1.24 bits per heavy atom. The van der Waals surface area contributed by atoms with Crippen molar-refractivity contribution in [2.45, 2.75) is 140 Å². The molecule has 3 rings (SSSR count). The summed E-state index contributed by atoms with van der Waals surface area (Å²) in [6.07, 6.45) is 20.5. The van der Waals surface area contributed by atoms with Crippen LogP contribution in [0.3, 0.4) is 0 Å². The molecule has 0 N–H and O–H groups in total. The van der Waals surface area contributed by atoms with Crippen LogP contribution in [0.2, 0.25) is 0 Å². The minimum absolute atomic E-state index is 0. The summed E-state index contributed by atoms with van der Waals surface area (Å²) in [5.74, 6) is 5.14. The van der Waals surface area contributed by atoms with Crippen LogP contribution >= 0.6 is 12.2 Å². The van der Waals surface area contributed by atoms with Gasteiger partial charge in [0.1, 0.15) is 0 Å². The van der Waals surface area contributed by atoms with Crippen LogP contribution in [0.1, 0.15) is 134 Å². The number of thiocarbonyl (C=S) groups is 1. The maximum absolute atomic E-state index is 4.75. The molecule has 0 spiro atoms. The molecule has 0 bridgehead atoms. The highest BCUT2D eigenvalue weighted by Gasteiger charge is 2.28. The third-order valence-corrected chi connectivity index (χ3v) is 7.59. The van der Waals surface area contributed by atoms with Gasteiger partial charge in [-0.1, -0.05) is 95.4 Å². The van der Waals surface area contributed by atoms with Crippen molar-refractivity contribution in [3.63, 3.8) is 0 Å². The fourth-order valence-electron chi connectivity index (χ4n) is 5.79. The fraction of sp³-hybridized carbons (Fsp3) is 0.963. The third-order valence-electron chi connectivity index (χ3n) is 7.49. The van der Waals surface area contributed by atoms with Gasteiger partial charge in [0.2, 0.25) is 0 Å². The summed E-state index contributed by atoms with van der Waals surface area (Å²) in [5, 5.41) is 2.58. The monoisotopic (exact) mass is 427 g/mol. The zero-order valence-electron chi connectivity index (χ0n) is 15.7. The van der Waals surface area contributed by atoms with Crippen molar-refractivity contribution in [3.8, 4) is 0 Å². The Morgan fingerprint density at radius 1 is 0.586 bits per heavy atom. The van der Waals surface area contributed by atoms with Gasteiger partial charge in [-0.05, 0) is 80.3 Å². The van der Waals surface area contributed by atoms with E-state index in [9.17, 15) is 0 Å². The summed E-state index contributed by atoms with van der Waals surface area (Å²) in [6, 6.07) is 0.493. The Balaban J connectivity index is -0.00000135. The number of hydrogen-bond donors (Lipinski definition) is 0. The van der Waals surface area contributed by atoms with E-state index < -0.39 is 0 Å². The largest absolute Gasteiger partial charge is 0.229 e. The maximum atomic E-state index is 4.75. The van der Waals surface area contributed by atoms with Crippen LogP contribution in [0.4, 0.5) is 0 Å². The number of aliphatic imine (C=N–C) groups is 1. The zero-order valence-corrected chi connectivity index (χ0v) is 16.5. The highest BCUT2D eigenvalue weighted by Crippen LogP contribution is 2.41. The quantitative estimate of drug-likeness (QED) is 0.314. The van der Waals surface area contributed by atoms with Gasteiger partial charge in [0.15, 0.2) is 0 Å². The highest BCUT2D eigenvalue weighted by molar-refractivity contribution is 7.78. The van der Waals surface area contributed by atoms with E-state index >= 15 is 0 Å². The molecule has 3 aliphatic rings. The van der Waals surface area contributed by atoms with Crippen molar-refractivity contribution in [2.24, 2.45) is 34.6 Å². The molecule has 3 aliphatic carbocycles. The Labute approximate surface area is 191 Å². The predicted molar refractivity (Wildman–Crippen MR) is 140 cm³/mol. The molecule has 0 aromatic heterocycles. The SMILES string of the molecule is C.C.C.C.C.CC1CCC(CC2CCC(CC3CCC(N=C=S)CC3)CC2)CC1. The van der Waals surface area contributed by atoms with Crippen LogP contribution < -0.4 is 0 Å². The molecule has 0 aromatic carbocycles. The summed E-state index contributed by atoms with van der Waals surface area (Å²) < 4.78 is 0. The summed E-state index contributed by atoms with van der Waals surface area (Å²) in [5.41, 5.74) is 0. The lowest BCUT2D eigenvalue weighted by atomic mass is 9.71. The minimum atomic E-state index is 0. The molecule has 0 amide bonds. The van der Waals surface area contributed by atoms with Gasteiger partial charge in [-0.3, -0.25) is 0 Å². The number of hydrogen-bond acceptors (Lipinski definition) is 2. The first-order valence-corrected chi connectivity index (χ1v) is 11.2. The van der Waals surface area contributed by atoms with Gasteiger partial charge in [0.25, 0.3) is 0 Å². The normalized spacial score (nSPS) is 33.7. The van der Waals surface area contributed by atoms with Crippen molar-refractivity contribution in [3.05, 3.63) is 0 Å². The Morgan fingerprint density at radius 2 is 0.897 bits per heavy atom. The van der Waals surface area contributed by atoms with Gasteiger partial charge in [0.05, 0.1) is 11.2 Å². The molecule has 0 unspecified atom stereocenters. The lowest BCUT2D eigenvalue weighted by Crippen LogP contribution is -2.23. The van der Waals surface area contributed by atoms with Crippen LogP contribution in [0.25, 0.3) is 0 Å². The average molecular weight is 428 g/mol. The smallest absolute Gasteiger partial charge is 0.0603 e. The first-order chi connectivity index (χ1) is 11.7. The summed E-state index contributed by atoms with van der Waals surface area (Å²) in [4.78, 5) is 4.30. The molecule has 2 heteroatoms. The van der Waals surface area contributed by atoms with Crippen LogP contribution in [0.5, 0.6) is 0 Å². The van der Waals surface area contributed by atoms with E-state index in [4.69, 9.17) is 12.2 Å². The van der Waals surface area contributed by atoms with Gasteiger partial charge in [-0.15, -0.1) is 0 Å². The fourth-order valence-corrected chi connectivity index (χ4v) is 5.94. The topological polar surface area (TPSA) is 12.4 Å². The molecule has 0 aromatic rings. The average Bonchev–Trinajstić information content (AvgIpc) is 2.61. The maximum Gasteiger partial charge on any atom is 0.0603 e. The van der Waals surface area contributed by atoms with E-state index in [2.05, 4.69) is 17.1 Å². The molecule has 3 fully saturated rings. The van der Waals surface area contributed by atoms with Gasteiger partial charge in [-0.25, -0.2) is 4.99 Å². The Bertz CT molecular complexity index is 404. The number of rotatable bonds is 5. The molecule has 0 atom stereocenters. The van der Waals surface area contributed by atoms with Gasteiger partial charge >= 0.3 is 0 Å². The molecular formula is C27H57NS. The minimum Gasteiger partial charge on any atom is -0.229 e. The molecule has 0 heterocycles. The van der Waals surface area contributed by atoms with Crippen molar-refractivity contribution in [2.75, 3.05) is 0 Å². The van der Waals surface area contributed by atoms with Crippen LogP contribution in [-0.4, -0.2) is 11.2 Å². The van der Waals surface area contributed by atoms with Gasteiger partial charge in [-0.2, -0.15) is 0 Å². The van der Waals surface area contributed by atoms with E-state index in [-0.39, 0.29) is 37.1 Å². The van der Waals surface area contributed by atoms with Crippen molar-refractivity contribution in [1.82, 2.24) is 0 Å². The van der Waals surface area contributed by atoms with Crippen LogP contribution in [0.15, 0.2) is 4.99 Å². The third kappa shape index (κ3) is 11.1. The molecule has 1 nitrogen and oxygen atoms in total. The van der Waals surface area contributed by atoms with Crippen LogP contribution in [0, 0.1) is 29.6 Å². The zero-order chi connectivity index (χ0) is 16.8. The molecule has 0 radical (unpaired) electrons. The summed E-state index contributed by atoms with van der Waals surface area (Å²) >= 11 is 4.75. The molecule has 176 valence electrons. The van der Waals surface area contributed by atoms with E-state index in [0.717, 1.165) is 29.6 Å². The van der Waals surface area contributed by atoms with E-state index in [1.54, 1.807) is 6.42 Å². The summed E-state index contributed by atoms with van der Waals surface area (Å²) in [6.45, 7) is 2.44. The van der Waals surface area contributed by atoms with E-state index in [1.165, 1.54) is 83.5 Å². The molecule has 0 saturated heterocycles. The first-order valence-electron chi connectivity index (χ1n) is 10.8.